The first kappa shape index (κ1) is 10.3. The van der Waals surface area contributed by atoms with Gasteiger partial charge in [0, 0.05) is 6.54 Å². The van der Waals surface area contributed by atoms with Crippen molar-refractivity contribution in [3.63, 3.8) is 0 Å². The van der Waals surface area contributed by atoms with Crippen molar-refractivity contribution in [2.45, 2.75) is 6.04 Å². The molecule has 0 saturated carbocycles. The number of hydrogen-bond acceptors (Lipinski definition) is 3. The van der Waals surface area contributed by atoms with Gasteiger partial charge in [0.25, 0.3) is 5.69 Å². The molecule has 2 rings (SSSR count). The summed E-state index contributed by atoms with van der Waals surface area (Å²) in [6.07, 6.45) is 0. The Morgan fingerprint density at radius 2 is 2.25 bits per heavy atom. The van der Waals surface area contributed by atoms with Crippen LogP contribution in [0.1, 0.15) is 11.6 Å². The van der Waals surface area contributed by atoms with Crippen LogP contribution in [0.5, 0.6) is 0 Å². The molecule has 0 bridgehead atoms. The van der Waals surface area contributed by atoms with Gasteiger partial charge in [-0.3, -0.25) is 10.1 Å². The van der Waals surface area contributed by atoms with E-state index in [1.165, 1.54) is 6.07 Å². The van der Waals surface area contributed by atoms with Crippen molar-refractivity contribution in [2.75, 3.05) is 6.54 Å². The molecule has 2 amide bonds. The molecule has 1 fully saturated rings. The number of halogens is 1. The van der Waals surface area contributed by atoms with E-state index in [0.29, 0.717) is 5.56 Å². The quantitative estimate of drug-likeness (QED) is 0.583. The minimum absolute atomic E-state index is 0.255. The molecule has 6 nitrogen and oxygen atoms in total. The molecule has 7 heteroatoms. The second-order valence-corrected chi connectivity index (χ2v) is 3.37. The number of benzene rings is 1. The molecule has 1 aromatic carbocycles. The number of amides is 2. The zero-order valence-electron chi connectivity index (χ0n) is 8.07. The SMILES string of the molecule is O=C1NC[C@H](c2ccc(F)cc2[N+](=O)[O-])N1. The monoisotopic (exact) mass is 225 g/mol. The Labute approximate surface area is 89.6 Å². The summed E-state index contributed by atoms with van der Waals surface area (Å²) in [6.45, 7) is 0.255. The van der Waals surface area contributed by atoms with Crippen LogP contribution in [0.25, 0.3) is 0 Å². The molecule has 1 heterocycles. The van der Waals surface area contributed by atoms with Gasteiger partial charge in [-0.2, -0.15) is 0 Å². The minimum atomic E-state index is -0.673. The van der Waals surface area contributed by atoms with Gasteiger partial charge in [0.15, 0.2) is 0 Å². The summed E-state index contributed by atoms with van der Waals surface area (Å²) >= 11 is 0. The fraction of sp³-hybridized carbons (Fsp3) is 0.222. The number of urea groups is 1. The van der Waals surface area contributed by atoms with Crippen molar-refractivity contribution in [1.29, 1.82) is 0 Å². The first-order valence-corrected chi connectivity index (χ1v) is 4.56. The molecular weight excluding hydrogens is 217 g/mol. The van der Waals surface area contributed by atoms with E-state index in [1.54, 1.807) is 0 Å². The maximum atomic E-state index is 12.9. The van der Waals surface area contributed by atoms with Gasteiger partial charge in [0.2, 0.25) is 0 Å². The Bertz CT molecular complexity index is 463. The maximum absolute atomic E-state index is 12.9. The van der Waals surface area contributed by atoms with E-state index < -0.39 is 16.8 Å². The highest BCUT2D eigenvalue weighted by Gasteiger charge is 2.28. The molecule has 1 aliphatic heterocycles. The second kappa shape index (κ2) is 3.76. The van der Waals surface area contributed by atoms with Crippen LogP contribution in [0.15, 0.2) is 18.2 Å². The average molecular weight is 225 g/mol. The van der Waals surface area contributed by atoms with E-state index in [0.717, 1.165) is 12.1 Å². The third kappa shape index (κ3) is 1.79. The second-order valence-electron chi connectivity index (χ2n) is 3.37. The molecular formula is C9H8FN3O3. The lowest BCUT2D eigenvalue weighted by molar-refractivity contribution is -0.385. The Balaban J connectivity index is 2.40. The van der Waals surface area contributed by atoms with Crippen molar-refractivity contribution in [3.05, 3.63) is 39.7 Å². The molecule has 16 heavy (non-hydrogen) atoms. The standard InChI is InChI=1S/C9H8FN3O3/c10-5-1-2-6(8(3-5)13(15)16)7-4-11-9(14)12-7/h1-3,7H,4H2,(H2,11,12,14)/t7-/m1/s1. The summed E-state index contributed by atoms with van der Waals surface area (Å²) in [5.41, 5.74) is -0.0289. The average Bonchev–Trinajstić information content (AvgIpc) is 2.64. The molecule has 1 aromatic rings. The lowest BCUT2D eigenvalue weighted by atomic mass is 10.1. The van der Waals surface area contributed by atoms with Crippen LogP contribution in [0, 0.1) is 15.9 Å². The zero-order chi connectivity index (χ0) is 11.7. The zero-order valence-corrected chi connectivity index (χ0v) is 8.07. The fourth-order valence-electron chi connectivity index (χ4n) is 1.61. The van der Waals surface area contributed by atoms with Crippen molar-refractivity contribution in [2.24, 2.45) is 0 Å². The van der Waals surface area contributed by atoms with Crippen LogP contribution in [-0.4, -0.2) is 17.5 Å². The molecule has 1 aliphatic rings. The third-order valence-corrected chi connectivity index (χ3v) is 2.34. The molecule has 0 radical (unpaired) electrons. The van der Waals surface area contributed by atoms with Crippen molar-refractivity contribution in [1.82, 2.24) is 10.6 Å². The predicted octanol–water partition coefficient (Wildman–Crippen LogP) is 1.09. The van der Waals surface area contributed by atoms with E-state index in [-0.39, 0.29) is 18.3 Å². The maximum Gasteiger partial charge on any atom is 0.315 e. The van der Waals surface area contributed by atoms with Crippen LogP contribution in [0.3, 0.4) is 0 Å². The number of carbonyl (C=O) groups is 1. The van der Waals surface area contributed by atoms with E-state index in [1.807, 2.05) is 0 Å². The fourth-order valence-corrected chi connectivity index (χ4v) is 1.61. The summed E-state index contributed by atoms with van der Waals surface area (Å²) in [5, 5.41) is 15.7. The third-order valence-electron chi connectivity index (χ3n) is 2.34. The van der Waals surface area contributed by atoms with Gasteiger partial charge in [-0.25, -0.2) is 9.18 Å². The highest BCUT2D eigenvalue weighted by atomic mass is 19.1. The van der Waals surface area contributed by atoms with Crippen LogP contribution in [-0.2, 0) is 0 Å². The van der Waals surface area contributed by atoms with Crippen LogP contribution < -0.4 is 10.6 Å². The number of nitro groups is 1. The largest absolute Gasteiger partial charge is 0.336 e. The van der Waals surface area contributed by atoms with Crippen molar-refractivity contribution in [3.8, 4) is 0 Å². The lowest BCUT2D eigenvalue weighted by Crippen LogP contribution is -2.22. The minimum Gasteiger partial charge on any atom is -0.336 e. The smallest absolute Gasteiger partial charge is 0.315 e. The summed E-state index contributed by atoms with van der Waals surface area (Å²) in [6, 6.07) is 2.41. The molecule has 84 valence electrons. The molecule has 0 spiro atoms. The molecule has 0 unspecified atom stereocenters. The van der Waals surface area contributed by atoms with Gasteiger partial charge in [-0.15, -0.1) is 0 Å². The number of nitrogens with one attached hydrogen (secondary N) is 2. The molecule has 0 aliphatic carbocycles. The number of hydrogen-bond donors (Lipinski definition) is 2. The van der Waals surface area contributed by atoms with E-state index in [4.69, 9.17) is 0 Å². The van der Waals surface area contributed by atoms with Gasteiger partial charge < -0.3 is 10.6 Å². The van der Waals surface area contributed by atoms with Gasteiger partial charge in [0.05, 0.1) is 22.6 Å². The van der Waals surface area contributed by atoms with E-state index in [2.05, 4.69) is 10.6 Å². The molecule has 1 saturated heterocycles. The number of carbonyl (C=O) groups excluding carboxylic acids is 1. The summed E-state index contributed by atoms with van der Waals surface area (Å²) in [7, 11) is 0. The highest BCUT2D eigenvalue weighted by Crippen LogP contribution is 2.26. The van der Waals surface area contributed by atoms with Crippen LogP contribution in [0.4, 0.5) is 14.9 Å². The molecule has 1 atom stereocenters. The van der Waals surface area contributed by atoms with Gasteiger partial charge in [-0.05, 0) is 12.1 Å². The topological polar surface area (TPSA) is 84.3 Å². The van der Waals surface area contributed by atoms with Crippen LogP contribution in [0.2, 0.25) is 0 Å². The Hall–Kier alpha value is -2.18. The number of nitrogens with zero attached hydrogens (tertiary/aromatic N) is 1. The highest BCUT2D eigenvalue weighted by molar-refractivity contribution is 5.77. The first-order valence-electron chi connectivity index (χ1n) is 4.56. The predicted molar refractivity (Wildman–Crippen MR) is 52.3 cm³/mol. The summed E-state index contributed by atoms with van der Waals surface area (Å²) in [5.74, 6) is -0.673. The number of nitro benzene ring substituents is 1. The van der Waals surface area contributed by atoms with E-state index in [9.17, 15) is 19.3 Å². The Morgan fingerprint density at radius 3 is 2.81 bits per heavy atom. The molecule has 2 N–H and O–H groups in total. The summed E-state index contributed by atoms with van der Waals surface area (Å²) < 4.78 is 12.9. The van der Waals surface area contributed by atoms with Gasteiger partial charge >= 0.3 is 6.03 Å². The van der Waals surface area contributed by atoms with E-state index >= 15 is 0 Å². The first-order chi connectivity index (χ1) is 7.58. The van der Waals surface area contributed by atoms with Crippen LogP contribution >= 0.6 is 0 Å². The van der Waals surface area contributed by atoms with Gasteiger partial charge in [0.1, 0.15) is 5.82 Å². The molecule has 0 aromatic heterocycles. The number of rotatable bonds is 2. The van der Waals surface area contributed by atoms with Crippen molar-refractivity contribution >= 4 is 11.7 Å². The Kier molecular flexibility index (Phi) is 2.43. The Morgan fingerprint density at radius 1 is 1.50 bits per heavy atom. The summed E-state index contributed by atoms with van der Waals surface area (Å²) in [4.78, 5) is 21.0. The van der Waals surface area contributed by atoms with Crippen molar-refractivity contribution < 1.29 is 14.1 Å². The normalized spacial score (nSPS) is 19.1. The van der Waals surface area contributed by atoms with Gasteiger partial charge in [-0.1, -0.05) is 0 Å². The lowest BCUT2D eigenvalue weighted by Gasteiger charge is -2.09.